The highest BCUT2D eigenvalue weighted by Crippen LogP contribution is 2.23. The van der Waals surface area contributed by atoms with E-state index in [0.29, 0.717) is 11.9 Å². The van der Waals surface area contributed by atoms with Crippen molar-refractivity contribution in [2.45, 2.75) is 12.3 Å². The van der Waals surface area contributed by atoms with E-state index in [-0.39, 0.29) is 5.38 Å². The Morgan fingerprint density at radius 3 is 2.72 bits per heavy atom. The number of hydrogen-bond acceptors (Lipinski definition) is 5. The third kappa shape index (κ3) is 2.92. The fraction of sp³-hybridized carbons (Fsp3) is 0.333. The minimum absolute atomic E-state index is 0.291. The lowest BCUT2D eigenvalue weighted by Gasteiger charge is -2.13. The Bertz CT molecular complexity index is 524. The van der Waals surface area contributed by atoms with Crippen LogP contribution in [0.2, 0.25) is 0 Å². The van der Waals surface area contributed by atoms with E-state index in [9.17, 15) is 0 Å². The zero-order valence-corrected chi connectivity index (χ0v) is 11.3. The van der Waals surface area contributed by atoms with E-state index in [1.807, 2.05) is 43.3 Å². The third-order valence-electron chi connectivity index (χ3n) is 2.39. The van der Waals surface area contributed by atoms with Gasteiger partial charge < -0.3 is 14.6 Å². The number of aromatic nitrogens is 2. The van der Waals surface area contributed by atoms with Crippen molar-refractivity contribution in [3.05, 3.63) is 30.2 Å². The van der Waals surface area contributed by atoms with Crippen LogP contribution in [0.25, 0.3) is 0 Å². The summed E-state index contributed by atoms with van der Waals surface area (Å²) in [5.74, 6) is 0.405. The molecule has 2 aromatic rings. The van der Waals surface area contributed by atoms with Crippen molar-refractivity contribution >= 4 is 29.0 Å². The monoisotopic (exact) mass is 266 g/mol. The van der Waals surface area contributed by atoms with Gasteiger partial charge in [0.15, 0.2) is 0 Å². The number of nitrogens with zero attached hydrogens (tertiary/aromatic N) is 3. The Morgan fingerprint density at radius 1 is 1.33 bits per heavy atom. The topological polar surface area (TPSA) is 54.2 Å². The highest BCUT2D eigenvalue weighted by Gasteiger charge is 2.11. The maximum atomic E-state index is 5.86. The van der Waals surface area contributed by atoms with Gasteiger partial charge in [-0.1, -0.05) is 11.2 Å². The zero-order valence-electron chi connectivity index (χ0n) is 10.5. The first kappa shape index (κ1) is 12.7. The lowest BCUT2D eigenvalue weighted by Crippen LogP contribution is -2.08. The van der Waals surface area contributed by atoms with E-state index in [1.165, 1.54) is 0 Å². The second-order valence-corrected chi connectivity index (χ2v) is 4.79. The molecule has 0 saturated heterocycles. The van der Waals surface area contributed by atoms with Crippen molar-refractivity contribution in [3.8, 4) is 0 Å². The molecule has 1 aromatic carbocycles. The SMILES string of the molecule is CC(Cl)c1nnc(Nc2cccc(N(C)C)c2)o1. The number of anilines is 3. The highest BCUT2D eigenvalue weighted by atomic mass is 35.5. The van der Waals surface area contributed by atoms with Crippen LogP contribution in [0.4, 0.5) is 17.4 Å². The van der Waals surface area contributed by atoms with Crippen molar-refractivity contribution in [1.29, 1.82) is 0 Å². The molecule has 0 amide bonds. The number of nitrogens with one attached hydrogen (secondary N) is 1. The fourth-order valence-corrected chi connectivity index (χ4v) is 1.52. The summed E-state index contributed by atoms with van der Waals surface area (Å²) in [7, 11) is 3.97. The third-order valence-corrected chi connectivity index (χ3v) is 2.58. The van der Waals surface area contributed by atoms with Gasteiger partial charge >= 0.3 is 6.01 Å². The minimum Gasteiger partial charge on any atom is -0.406 e. The van der Waals surface area contributed by atoms with Crippen molar-refractivity contribution in [3.63, 3.8) is 0 Å². The molecular formula is C12H15ClN4O. The van der Waals surface area contributed by atoms with Gasteiger partial charge in [-0.25, -0.2) is 0 Å². The number of alkyl halides is 1. The van der Waals surface area contributed by atoms with E-state index < -0.39 is 0 Å². The van der Waals surface area contributed by atoms with Gasteiger partial charge in [0, 0.05) is 25.5 Å². The van der Waals surface area contributed by atoms with E-state index in [1.54, 1.807) is 6.92 Å². The Hall–Kier alpha value is -1.75. The normalized spacial score (nSPS) is 12.2. The van der Waals surface area contributed by atoms with Crippen LogP contribution in [-0.2, 0) is 0 Å². The maximum Gasteiger partial charge on any atom is 0.320 e. The summed E-state index contributed by atoms with van der Waals surface area (Å²) in [4.78, 5) is 2.02. The van der Waals surface area contributed by atoms with E-state index in [0.717, 1.165) is 11.4 Å². The highest BCUT2D eigenvalue weighted by molar-refractivity contribution is 6.20. The molecule has 0 saturated carbocycles. The van der Waals surface area contributed by atoms with Gasteiger partial charge in [-0.3, -0.25) is 0 Å². The molecule has 1 aromatic heterocycles. The average molecular weight is 267 g/mol. The lowest BCUT2D eigenvalue weighted by molar-refractivity contribution is 0.510. The molecule has 0 aliphatic carbocycles. The zero-order chi connectivity index (χ0) is 13.1. The van der Waals surface area contributed by atoms with Crippen LogP contribution in [0.15, 0.2) is 28.7 Å². The largest absolute Gasteiger partial charge is 0.406 e. The average Bonchev–Trinajstić information content (AvgIpc) is 2.78. The predicted octanol–water partition coefficient (Wildman–Crippen LogP) is 3.18. The summed E-state index contributed by atoms with van der Waals surface area (Å²) >= 11 is 5.86. The van der Waals surface area contributed by atoms with Crippen LogP contribution in [0, 0.1) is 0 Å². The quantitative estimate of drug-likeness (QED) is 0.862. The van der Waals surface area contributed by atoms with Crippen molar-refractivity contribution in [2.75, 3.05) is 24.3 Å². The van der Waals surface area contributed by atoms with E-state index in [2.05, 4.69) is 15.5 Å². The van der Waals surface area contributed by atoms with Gasteiger partial charge in [0.1, 0.15) is 5.38 Å². The van der Waals surface area contributed by atoms with Crippen LogP contribution >= 0.6 is 11.6 Å². The van der Waals surface area contributed by atoms with Gasteiger partial charge in [-0.2, -0.15) is 0 Å². The molecule has 1 N–H and O–H groups in total. The second kappa shape index (κ2) is 5.27. The van der Waals surface area contributed by atoms with Crippen molar-refractivity contribution in [2.24, 2.45) is 0 Å². The molecule has 0 spiro atoms. The number of hydrogen-bond donors (Lipinski definition) is 1. The Balaban J connectivity index is 2.15. The Morgan fingerprint density at radius 2 is 2.11 bits per heavy atom. The summed E-state index contributed by atoms with van der Waals surface area (Å²) in [5.41, 5.74) is 1.98. The first-order chi connectivity index (χ1) is 8.56. The molecule has 6 heteroatoms. The molecule has 0 fully saturated rings. The molecule has 1 atom stereocenters. The molecule has 0 aliphatic rings. The first-order valence-electron chi connectivity index (χ1n) is 5.58. The molecule has 1 heterocycles. The van der Waals surface area contributed by atoms with E-state index in [4.69, 9.17) is 16.0 Å². The van der Waals surface area contributed by atoms with Crippen molar-refractivity contribution < 1.29 is 4.42 Å². The minimum atomic E-state index is -0.291. The number of benzene rings is 1. The lowest BCUT2D eigenvalue weighted by atomic mass is 10.2. The molecule has 2 rings (SSSR count). The molecule has 1 unspecified atom stereocenters. The van der Waals surface area contributed by atoms with Crippen LogP contribution in [0.5, 0.6) is 0 Å². The van der Waals surface area contributed by atoms with Gasteiger partial charge in [-0.05, 0) is 25.1 Å². The molecule has 0 bridgehead atoms. The Kier molecular flexibility index (Phi) is 3.72. The molecular weight excluding hydrogens is 252 g/mol. The predicted molar refractivity (Wildman–Crippen MR) is 72.6 cm³/mol. The fourth-order valence-electron chi connectivity index (χ4n) is 1.43. The van der Waals surface area contributed by atoms with Crippen molar-refractivity contribution in [1.82, 2.24) is 10.2 Å². The summed E-state index contributed by atoms with van der Waals surface area (Å²) in [6.45, 7) is 1.78. The van der Waals surface area contributed by atoms with Crippen LogP contribution < -0.4 is 10.2 Å². The first-order valence-corrected chi connectivity index (χ1v) is 6.02. The number of halogens is 1. The van der Waals surface area contributed by atoms with Crippen LogP contribution in [0.3, 0.4) is 0 Å². The second-order valence-electron chi connectivity index (χ2n) is 4.13. The van der Waals surface area contributed by atoms with Gasteiger partial charge in [0.05, 0.1) is 0 Å². The van der Waals surface area contributed by atoms with Gasteiger partial charge in [0.25, 0.3) is 0 Å². The van der Waals surface area contributed by atoms with Gasteiger partial charge in [0.2, 0.25) is 5.89 Å². The molecule has 96 valence electrons. The smallest absolute Gasteiger partial charge is 0.320 e. The summed E-state index contributed by atoms with van der Waals surface area (Å²) in [6.07, 6.45) is 0. The molecule has 0 aliphatic heterocycles. The molecule has 18 heavy (non-hydrogen) atoms. The van der Waals surface area contributed by atoms with E-state index >= 15 is 0 Å². The van der Waals surface area contributed by atoms with Crippen LogP contribution in [0.1, 0.15) is 18.2 Å². The Labute approximate surface area is 111 Å². The summed E-state index contributed by atoms with van der Waals surface area (Å²) in [6, 6.07) is 8.24. The maximum absolute atomic E-state index is 5.86. The number of rotatable bonds is 4. The standard InChI is InChI=1S/C12H15ClN4O/c1-8(13)11-15-16-12(18-11)14-9-5-4-6-10(7-9)17(2)3/h4-8H,1-3H3,(H,14,16). The molecule has 0 radical (unpaired) electrons. The molecule has 5 nitrogen and oxygen atoms in total. The summed E-state index contributed by atoms with van der Waals surface area (Å²) in [5, 5.41) is 10.5. The van der Waals surface area contributed by atoms with Crippen LogP contribution in [-0.4, -0.2) is 24.3 Å². The summed E-state index contributed by atoms with van der Waals surface area (Å²) < 4.78 is 5.37. The van der Waals surface area contributed by atoms with Gasteiger partial charge in [-0.15, -0.1) is 16.7 Å².